The number of rotatable bonds is 7. The second-order valence-corrected chi connectivity index (χ2v) is 8.59. The summed E-state index contributed by atoms with van der Waals surface area (Å²) in [5.74, 6) is -1.14. The molecule has 0 bridgehead atoms. The first-order valence-corrected chi connectivity index (χ1v) is 10.1. The average Bonchev–Trinajstić information content (AvgIpc) is 2.80. The molecule has 0 radical (unpaired) electrons. The Bertz CT molecular complexity index is 902. The third-order valence-corrected chi connectivity index (χ3v) is 6.92. The number of sulfonamides is 1. The van der Waals surface area contributed by atoms with E-state index in [1.54, 1.807) is 19.1 Å². The number of hydrogen-bond acceptors (Lipinski definition) is 3. The molecule has 2 unspecified atom stereocenters. The van der Waals surface area contributed by atoms with Gasteiger partial charge in [0, 0.05) is 11.4 Å². The number of carbonyl (C=O) groups is 1. The van der Waals surface area contributed by atoms with Crippen LogP contribution < -0.4 is 4.31 Å². The van der Waals surface area contributed by atoms with Gasteiger partial charge in [-0.05, 0) is 37.3 Å². The van der Waals surface area contributed by atoms with E-state index in [9.17, 15) is 13.2 Å². The highest BCUT2D eigenvalue weighted by Gasteiger charge is 2.38. The molecular formula is C19H23NO4S. The Morgan fingerprint density at radius 2 is 1.72 bits per heavy atom. The van der Waals surface area contributed by atoms with Crippen LogP contribution in [0, 0.1) is 5.92 Å². The molecule has 25 heavy (non-hydrogen) atoms. The number of benzene rings is 2. The van der Waals surface area contributed by atoms with Crippen LogP contribution in [0.15, 0.2) is 41.3 Å². The van der Waals surface area contributed by atoms with E-state index < -0.39 is 16.0 Å². The van der Waals surface area contributed by atoms with Gasteiger partial charge in [0.2, 0.25) is 0 Å². The van der Waals surface area contributed by atoms with E-state index in [0.29, 0.717) is 17.7 Å². The molecule has 0 saturated heterocycles. The number of carboxylic acid groups (broad SMARTS) is 1. The van der Waals surface area contributed by atoms with Gasteiger partial charge in [-0.25, -0.2) is 8.42 Å². The van der Waals surface area contributed by atoms with Crippen molar-refractivity contribution in [2.24, 2.45) is 5.92 Å². The van der Waals surface area contributed by atoms with Crippen LogP contribution >= 0.6 is 0 Å². The number of unbranched alkanes of at least 4 members (excludes halogenated alkanes) is 1. The highest BCUT2D eigenvalue weighted by Crippen LogP contribution is 2.43. The number of anilines is 1. The third kappa shape index (κ3) is 3.11. The molecule has 2 aromatic rings. The fourth-order valence-electron chi connectivity index (χ4n) is 3.53. The second-order valence-electron chi connectivity index (χ2n) is 6.81. The summed E-state index contributed by atoms with van der Waals surface area (Å²) in [5, 5.41) is 10.7. The Labute approximate surface area is 148 Å². The minimum absolute atomic E-state index is 0.164. The van der Waals surface area contributed by atoms with Crippen LogP contribution in [0.5, 0.6) is 0 Å². The Hall–Kier alpha value is -2.08. The van der Waals surface area contributed by atoms with Gasteiger partial charge < -0.3 is 5.11 Å². The zero-order valence-electron chi connectivity index (χ0n) is 14.5. The minimum Gasteiger partial charge on any atom is -0.481 e. The van der Waals surface area contributed by atoms with Gasteiger partial charge in [0.1, 0.15) is 0 Å². The first-order chi connectivity index (χ1) is 11.8. The fourth-order valence-corrected chi connectivity index (χ4v) is 5.46. The molecule has 0 saturated carbocycles. The zero-order valence-corrected chi connectivity index (χ0v) is 15.3. The minimum atomic E-state index is -3.53. The Balaban J connectivity index is 1.77. The second kappa shape index (κ2) is 6.67. The number of nitrogens with zero attached hydrogens (tertiary/aromatic N) is 1. The summed E-state index contributed by atoms with van der Waals surface area (Å²) in [6.45, 7) is 3.62. The number of aliphatic carboxylic acids is 1. The van der Waals surface area contributed by atoms with Crippen LogP contribution in [0.3, 0.4) is 0 Å². The van der Waals surface area contributed by atoms with Crippen LogP contribution in [-0.4, -0.2) is 25.5 Å². The lowest BCUT2D eigenvalue weighted by Crippen LogP contribution is -2.35. The maximum atomic E-state index is 13.0. The smallest absolute Gasteiger partial charge is 0.306 e. The Kier molecular flexibility index (Phi) is 4.73. The van der Waals surface area contributed by atoms with Crippen molar-refractivity contribution in [2.45, 2.75) is 50.5 Å². The lowest BCUT2D eigenvalue weighted by Gasteiger charge is -2.26. The van der Waals surface area contributed by atoms with E-state index in [2.05, 4.69) is 0 Å². The van der Waals surface area contributed by atoms with Crippen molar-refractivity contribution in [3.05, 3.63) is 36.4 Å². The van der Waals surface area contributed by atoms with Crippen molar-refractivity contribution >= 4 is 32.5 Å². The summed E-state index contributed by atoms with van der Waals surface area (Å²) in [5.41, 5.74) is 0.750. The predicted octanol–water partition coefficient (Wildman–Crippen LogP) is 4.02. The van der Waals surface area contributed by atoms with E-state index in [-0.39, 0.29) is 12.0 Å². The van der Waals surface area contributed by atoms with Crippen LogP contribution in [0.1, 0.15) is 39.5 Å². The molecule has 6 heteroatoms. The van der Waals surface area contributed by atoms with Crippen LogP contribution in [0.25, 0.3) is 10.8 Å². The molecule has 134 valence electrons. The van der Waals surface area contributed by atoms with Crippen molar-refractivity contribution in [2.75, 3.05) is 4.31 Å². The maximum absolute atomic E-state index is 13.0. The van der Waals surface area contributed by atoms with Gasteiger partial charge in [-0.15, -0.1) is 0 Å². The molecule has 5 nitrogen and oxygen atoms in total. The van der Waals surface area contributed by atoms with E-state index in [1.807, 2.05) is 31.2 Å². The van der Waals surface area contributed by atoms with Gasteiger partial charge in [0.25, 0.3) is 10.0 Å². The molecule has 1 aliphatic rings. The van der Waals surface area contributed by atoms with E-state index >= 15 is 0 Å². The van der Waals surface area contributed by atoms with E-state index in [4.69, 9.17) is 5.11 Å². The molecule has 0 aliphatic carbocycles. The van der Waals surface area contributed by atoms with Crippen molar-refractivity contribution in [3.63, 3.8) is 0 Å². The van der Waals surface area contributed by atoms with Crippen molar-refractivity contribution in [3.8, 4) is 0 Å². The van der Waals surface area contributed by atoms with Gasteiger partial charge in [0.05, 0.1) is 16.5 Å². The highest BCUT2D eigenvalue weighted by molar-refractivity contribution is 7.93. The topological polar surface area (TPSA) is 74.7 Å². The molecule has 2 atom stereocenters. The molecule has 0 fully saturated rings. The normalized spacial score (nSPS) is 17.6. The number of hydrogen-bond donors (Lipinski definition) is 1. The quantitative estimate of drug-likeness (QED) is 0.756. The summed E-state index contributed by atoms with van der Waals surface area (Å²) >= 11 is 0. The SMILES string of the molecule is CC(CCCCC(C)N1c2cccc3cccc(c23)S1(=O)=O)C(=O)O. The summed E-state index contributed by atoms with van der Waals surface area (Å²) in [4.78, 5) is 11.2. The molecular weight excluding hydrogens is 338 g/mol. The lowest BCUT2D eigenvalue weighted by atomic mass is 10.0. The monoisotopic (exact) mass is 361 g/mol. The van der Waals surface area contributed by atoms with Gasteiger partial charge >= 0.3 is 5.97 Å². The standard InChI is InChI=1S/C19H23NO4S/c1-13(19(21)22)7-3-4-8-14(2)20-16-11-5-9-15-10-6-12-17(18(15)16)25(20,23)24/h5-6,9-14H,3-4,7-8H2,1-2H3,(H,21,22). The van der Waals surface area contributed by atoms with Crippen molar-refractivity contribution in [1.29, 1.82) is 0 Å². The molecule has 0 spiro atoms. The Morgan fingerprint density at radius 3 is 2.40 bits per heavy atom. The first-order valence-electron chi connectivity index (χ1n) is 8.63. The van der Waals surface area contributed by atoms with Gasteiger partial charge in [-0.1, -0.05) is 44.0 Å². The molecule has 0 aromatic heterocycles. The van der Waals surface area contributed by atoms with Gasteiger partial charge in [-0.2, -0.15) is 0 Å². The van der Waals surface area contributed by atoms with E-state index in [0.717, 1.165) is 29.3 Å². The largest absolute Gasteiger partial charge is 0.481 e. The molecule has 1 N–H and O–H groups in total. The van der Waals surface area contributed by atoms with E-state index in [1.165, 1.54) is 4.31 Å². The van der Waals surface area contributed by atoms with Gasteiger partial charge in [-0.3, -0.25) is 9.10 Å². The molecule has 1 aliphatic heterocycles. The van der Waals surface area contributed by atoms with Crippen LogP contribution in [0.2, 0.25) is 0 Å². The third-order valence-electron chi connectivity index (χ3n) is 4.95. The van der Waals surface area contributed by atoms with Crippen molar-refractivity contribution < 1.29 is 18.3 Å². The molecule has 3 rings (SSSR count). The fraction of sp³-hybridized carbons (Fsp3) is 0.421. The molecule has 0 amide bonds. The average molecular weight is 361 g/mol. The summed E-state index contributed by atoms with van der Waals surface area (Å²) in [7, 11) is -3.53. The predicted molar refractivity (Wildman–Crippen MR) is 98.3 cm³/mol. The number of carboxylic acids is 1. The summed E-state index contributed by atoms with van der Waals surface area (Å²) in [6.07, 6.45) is 2.90. The zero-order chi connectivity index (χ0) is 18.2. The lowest BCUT2D eigenvalue weighted by molar-refractivity contribution is -0.141. The first kappa shape index (κ1) is 17.7. The van der Waals surface area contributed by atoms with Gasteiger partial charge in [0.15, 0.2) is 0 Å². The highest BCUT2D eigenvalue weighted by atomic mass is 32.2. The van der Waals surface area contributed by atoms with Crippen LogP contribution in [-0.2, 0) is 14.8 Å². The Morgan fingerprint density at radius 1 is 1.08 bits per heavy atom. The summed E-state index contributed by atoms with van der Waals surface area (Å²) < 4.78 is 27.5. The molecule has 2 aromatic carbocycles. The maximum Gasteiger partial charge on any atom is 0.306 e. The van der Waals surface area contributed by atoms with Crippen molar-refractivity contribution in [1.82, 2.24) is 0 Å². The molecule has 1 heterocycles. The summed E-state index contributed by atoms with van der Waals surface area (Å²) in [6, 6.07) is 10.9. The van der Waals surface area contributed by atoms with Crippen LogP contribution in [0.4, 0.5) is 5.69 Å².